The maximum Gasteiger partial charge on any atom is 0.238 e. The molecule has 0 spiro atoms. The molecule has 0 bridgehead atoms. The molecular formula is C20H19FN8OS. The average Bonchev–Trinajstić information content (AvgIpc) is 3.52. The SMILES string of the molecule is Fc1cnc(N2CCC(c3nc(C(Oc4ccccc4)n4cnnn4)cs3)CC2)nc1. The lowest BCUT2D eigenvalue weighted by molar-refractivity contribution is 0.152. The first-order valence-corrected chi connectivity index (χ1v) is 10.8. The summed E-state index contributed by atoms with van der Waals surface area (Å²) in [6, 6.07) is 9.53. The van der Waals surface area contributed by atoms with E-state index >= 15 is 0 Å². The number of anilines is 1. The fourth-order valence-corrected chi connectivity index (χ4v) is 4.55. The van der Waals surface area contributed by atoms with Gasteiger partial charge in [0.25, 0.3) is 0 Å². The van der Waals surface area contributed by atoms with E-state index in [2.05, 4.69) is 30.4 Å². The van der Waals surface area contributed by atoms with Crippen molar-refractivity contribution in [2.24, 2.45) is 0 Å². The summed E-state index contributed by atoms with van der Waals surface area (Å²) in [5.41, 5.74) is 0.764. The van der Waals surface area contributed by atoms with E-state index in [9.17, 15) is 4.39 Å². The molecule has 1 atom stereocenters. The number of hydrogen-bond donors (Lipinski definition) is 0. The molecule has 1 fully saturated rings. The predicted molar refractivity (Wildman–Crippen MR) is 111 cm³/mol. The van der Waals surface area contributed by atoms with Crippen LogP contribution < -0.4 is 9.64 Å². The molecule has 1 aliphatic rings. The minimum atomic E-state index is -0.546. The summed E-state index contributed by atoms with van der Waals surface area (Å²) in [7, 11) is 0. The summed E-state index contributed by atoms with van der Waals surface area (Å²) in [5.74, 6) is 1.19. The number of hydrogen-bond acceptors (Lipinski definition) is 9. The van der Waals surface area contributed by atoms with Crippen molar-refractivity contribution in [3.8, 4) is 5.75 Å². The first kappa shape index (κ1) is 19.5. The van der Waals surface area contributed by atoms with Crippen LogP contribution in [0, 0.1) is 5.82 Å². The fraction of sp³-hybridized carbons (Fsp3) is 0.300. The maximum atomic E-state index is 13.1. The molecule has 1 saturated heterocycles. The number of ether oxygens (including phenoxy) is 1. The molecule has 1 unspecified atom stereocenters. The highest BCUT2D eigenvalue weighted by Crippen LogP contribution is 2.33. The lowest BCUT2D eigenvalue weighted by atomic mass is 9.98. The summed E-state index contributed by atoms with van der Waals surface area (Å²) in [6.07, 6.45) is 5.22. The second-order valence-electron chi connectivity index (χ2n) is 7.15. The Balaban J connectivity index is 1.30. The Morgan fingerprint density at radius 1 is 1.10 bits per heavy atom. The van der Waals surface area contributed by atoms with Crippen LogP contribution in [-0.2, 0) is 0 Å². The first-order chi connectivity index (χ1) is 15.3. The molecule has 11 heteroatoms. The average molecular weight is 438 g/mol. The van der Waals surface area contributed by atoms with E-state index in [0.717, 1.165) is 36.6 Å². The van der Waals surface area contributed by atoms with Gasteiger partial charge in [0.1, 0.15) is 17.8 Å². The highest BCUT2D eigenvalue weighted by Gasteiger charge is 2.27. The van der Waals surface area contributed by atoms with E-state index in [-0.39, 0.29) is 0 Å². The summed E-state index contributed by atoms with van der Waals surface area (Å²) in [5, 5.41) is 14.5. The van der Waals surface area contributed by atoms with Crippen molar-refractivity contribution in [2.75, 3.05) is 18.0 Å². The van der Waals surface area contributed by atoms with Crippen molar-refractivity contribution < 1.29 is 9.13 Å². The molecular weight excluding hydrogens is 419 g/mol. The van der Waals surface area contributed by atoms with Crippen molar-refractivity contribution >= 4 is 17.3 Å². The van der Waals surface area contributed by atoms with Crippen molar-refractivity contribution in [3.05, 3.63) is 71.0 Å². The van der Waals surface area contributed by atoms with Gasteiger partial charge in [-0.1, -0.05) is 18.2 Å². The van der Waals surface area contributed by atoms with Gasteiger partial charge in [-0.25, -0.2) is 19.3 Å². The van der Waals surface area contributed by atoms with Crippen LogP contribution in [0.15, 0.2) is 54.4 Å². The Morgan fingerprint density at radius 2 is 1.87 bits per heavy atom. The number of benzene rings is 1. The zero-order chi connectivity index (χ0) is 21.0. The second-order valence-corrected chi connectivity index (χ2v) is 8.04. The van der Waals surface area contributed by atoms with Crippen LogP contribution in [0.1, 0.15) is 35.7 Å². The summed E-state index contributed by atoms with van der Waals surface area (Å²) < 4.78 is 20.8. The Morgan fingerprint density at radius 3 is 2.58 bits per heavy atom. The minimum Gasteiger partial charge on any atom is -0.463 e. The molecule has 31 heavy (non-hydrogen) atoms. The van der Waals surface area contributed by atoms with Gasteiger partial charge in [0, 0.05) is 24.4 Å². The van der Waals surface area contributed by atoms with Gasteiger partial charge in [0.05, 0.1) is 17.4 Å². The lowest BCUT2D eigenvalue weighted by Crippen LogP contribution is -2.34. The molecule has 9 nitrogen and oxygen atoms in total. The Hall–Kier alpha value is -3.47. The van der Waals surface area contributed by atoms with E-state index in [1.165, 1.54) is 18.7 Å². The fourth-order valence-electron chi connectivity index (χ4n) is 3.55. The van der Waals surface area contributed by atoms with Crippen LogP contribution in [0.4, 0.5) is 10.3 Å². The van der Waals surface area contributed by atoms with E-state index in [4.69, 9.17) is 9.72 Å². The van der Waals surface area contributed by atoms with Crippen LogP contribution in [0.25, 0.3) is 0 Å². The van der Waals surface area contributed by atoms with Gasteiger partial charge < -0.3 is 9.64 Å². The molecule has 0 radical (unpaired) electrons. The van der Waals surface area contributed by atoms with E-state index < -0.39 is 12.0 Å². The monoisotopic (exact) mass is 438 g/mol. The van der Waals surface area contributed by atoms with Gasteiger partial charge in [-0.2, -0.15) is 4.68 Å². The molecule has 0 aliphatic carbocycles. The molecule has 0 amide bonds. The normalized spacial score (nSPS) is 15.7. The zero-order valence-electron chi connectivity index (χ0n) is 16.5. The Bertz CT molecular complexity index is 1100. The number of piperidine rings is 1. The van der Waals surface area contributed by atoms with Gasteiger partial charge in [-0.05, 0) is 35.4 Å². The van der Waals surface area contributed by atoms with Crippen LogP contribution in [-0.4, -0.2) is 48.2 Å². The highest BCUT2D eigenvalue weighted by atomic mass is 32.1. The van der Waals surface area contributed by atoms with Crippen molar-refractivity contribution in [2.45, 2.75) is 25.0 Å². The quantitative estimate of drug-likeness (QED) is 0.453. The van der Waals surface area contributed by atoms with Crippen LogP contribution in [0.2, 0.25) is 0 Å². The third-order valence-corrected chi connectivity index (χ3v) is 6.15. The lowest BCUT2D eigenvalue weighted by Gasteiger charge is -2.31. The van der Waals surface area contributed by atoms with Crippen molar-refractivity contribution in [3.63, 3.8) is 0 Å². The molecule has 1 aromatic carbocycles. The number of para-hydroxylation sites is 1. The Labute approximate surface area is 181 Å². The third-order valence-electron chi connectivity index (χ3n) is 5.12. The van der Waals surface area contributed by atoms with Gasteiger partial charge in [0.2, 0.25) is 12.2 Å². The molecule has 3 aromatic heterocycles. The molecule has 4 heterocycles. The molecule has 0 N–H and O–H groups in total. The van der Waals surface area contributed by atoms with E-state index in [1.807, 2.05) is 35.7 Å². The molecule has 5 rings (SSSR count). The second kappa shape index (κ2) is 8.72. The molecule has 158 valence electrons. The van der Waals surface area contributed by atoms with Crippen molar-refractivity contribution in [1.29, 1.82) is 0 Å². The first-order valence-electron chi connectivity index (χ1n) is 9.88. The minimum absolute atomic E-state index is 0.335. The summed E-state index contributed by atoms with van der Waals surface area (Å²) in [6.45, 7) is 1.59. The van der Waals surface area contributed by atoms with Crippen LogP contribution in [0.3, 0.4) is 0 Å². The standard InChI is InChI=1S/C20H19FN8OS/c21-15-10-22-20(23-11-15)28-8-6-14(7-9-28)18-25-17(12-31-18)19(29-13-24-26-27-29)30-16-4-2-1-3-5-16/h1-5,10-14,19H,6-9H2. The Kier molecular flexibility index (Phi) is 5.48. The van der Waals surface area contributed by atoms with E-state index in [1.54, 1.807) is 16.0 Å². The van der Waals surface area contributed by atoms with Gasteiger partial charge >= 0.3 is 0 Å². The number of tetrazole rings is 1. The largest absolute Gasteiger partial charge is 0.463 e. The van der Waals surface area contributed by atoms with Crippen LogP contribution in [0.5, 0.6) is 5.75 Å². The maximum absolute atomic E-state index is 13.1. The smallest absolute Gasteiger partial charge is 0.238 e. The highest BCUT2D eigenvalue weighted by molar-refractivity contribution is 7.09. The number of halogens is 1. The number of thiazole rings is 1. The van der Waals surface area contributed by atoms with E-state index in [0.29, 0.717) is 17.6 Å². The third kappa shape index (κ3) is 4.36. The van der Waals surface area contributed by atoms with Crippen LogP contribution >= 0.6 is 11.3 Å². The van der Waals surface area contributed by atoms with Gasteiger partial charge in [0.15, 0.2) is 5.82 Å². The van der Waals surface area contributed by atoms with Gasteiger partial charge in [-0.15, -0.1) is 16.4 Å². The number of aromatic nitrogens is 7. The zero-order valence-corrected chi connectivity index (χ0v) is 17.3. The molecule has 4 aromatic rings. The predicted octanol–water partition coefficient (Wildman–Crippen LogP) is 3.07. The topological polar surface area (TPSA) is 94.7 Å². The van der Waals surface area contributed by atoms with Gasteiger partial charge in [-0.3, -0.25) is 0 Å². The molecule has 0 saturated carbocycles. The summed E-state index contributed by atoms with van der Waals surface area (Å²) >= 11 is 1.62. The number of nitrogens with zero attached hydrogens (tertiary/aromatic N) is 8. The summed E-state index contributed by atoms with van der Waals surface area (Å²) in [4.78, 5) is 15.1. The number of rotatable bonds is 6. The molecule has 1 aliphatic heterocycles. The van der Waals surface area contributed by atoms with Crippen molar-refractivity contribution in [1.82, 2.24) is 35.2 Å².